The van der Waals surface area contributed by atoms with Gasteiger partial charge in [0.2, 0.25) is 5.91 Å². The van der Waals surface area contributed by atoms with Crippen LogP contribution in [0.4, 0.5) is 5.69 Å². The van der Waals surface area contributed by atoms with Gasteiger partial charge in [0, 0.05) is 29.1 Å². The molecule has 1 atom stereocenters. The average molecular weight is 444 g/mol. The van der Waals surface area contributed by atoms with Crippen molar-refractivity contribution in [2.24, 2.45) is 5.92 Å². The molecule has 0 spiro atoms. The van der Waals surface area contributed by atoms with E-state index in [-0.39, 0.29) is 17.7 Å². The van der Waals surface area contributed by atoms with Crippen LogP contribution in [-0.4, -0.2) is 16.8 Å². The lowest BCUT2D eigenvalue weighted by Crippen LogP contribution is -2.20. The molecular weight excluding hydrogens is 414 g/mol. The number of nitrogens with one attached hydrogen (secondary N) is 2. The Kier molecular flexibility index (Phi) is 8.36. The molecule has 0 bridgehead atoms. The zero-order chi connectivity index (χ0) is 23.6. The minimum atomic E-state index is -0.225. The summed E-state index contributed by atoms with van der Waals surface area (Å²) in [7, 11) is 0. The maximum Gasteiger partial charge on any atom is 0.251 e. The van der Waals surface area contributed by atoms with E-state index in [9.17, 15) is 9.59 Å². The lowest BCUT2D eigenvalue weighted by molar-refractivity contribution is -0.116. The molecule has 3 aromatic rings. The molecule has 2 amide bonds. The zero-order valence-electron chi connectivity index (χ0n) is 19.2. The fourth-order valence-electron chi connectivity index (χ4n) is 3.16. The molecule has 0 aliphatic carbocycles. The molecule has 0 aliphatic rings. The van der Waals surface area contributed by atoms with Crippen LogP contribution in [0.5, 0.6) is 0 Å². The molecule has 6 nitrogen and oxygen atoms in total. The number of rotatable bonds is 9. The average Bonchev–Trinajstić information content (AvgIpc) is 3.29. The summed E-state index contributed by atoms with van der Waals surface area (Å²) in [5, 5.41) is 5.79. The summed E-state index contributed by atoms with van der Waals surface area (Å²) in [6, 6.07) is 15.0. The number of furan rings is 1. The Hall–Kier alpha value is -3.93. The minimum Gasteiger partial charge on any atom is -0.464 e. The molecule has 33 heavy (non-hydrogen) atoms. The number of pyridine rings is 1. The molecule has 0 saturated heterocycles. The van der Waals surface area contributed by atoms with Crippen molar-refractivity contribution in [3.63, 3.8) is 0 Å². The first-order valence-corrected chi connectivity index (χ1v) is 11.0. The number of nitrogens with zero attached hydrogens (tertiary/aromatic N) is 1. The van der Waals surface area contributed by atoms with Gasteiger partial charge in [-0.3, -0.25) is 14.6 Å². The molecule has 0 fully saturated rings. The van der Waals surface area contributed by atoms with E-state index in [0.717, 1.165) is 28.9 Å². The van der Waals surface area contributed by atoms with Crippen LogP contribution >= 0.6 is 0 Å². The first-order chi connectivity index (χ1) is 16.0. The van der Waals surface area contributed by atoms with E-state index in [1.165, 1.54) is 6.08 Å². The number of hydrogen-bond donors (Lipinski definition) is 2. The Bertz CT molecular complexity index is 1150. The van der Waals surface area contributed by atoms with E-state index < -0.39 is 0 Å². The van der Waals surface area contributed by atoms with Gasteiger partial charge in [0.15, 0.2) is 0 Å². The maximum absolute atomic E-state index is 13.0. The fraction of sp³-hybridized carbons (Fsp3) is 0.222. The highest BCUT2D eigenvalue weighted by molar-refractivity contribution is 6.07. The third-order valence-corrected chi connectivity index (χ3v) is 5.33. The molecule has 0 saturated carbocycles. The zero-order valence-corrected chi connectivity index (χ0v) is 19.2. The summed E-state index contributed by atoms with van der Waals surface area (Å²) in [5.41, 5.74) is 3.95. The van der Waals surface area contributed by atoms with Gasteiger partial charge in [0.05, 0.1) is 18.5 Å². The van der Waals surface area contributed by atoms with Crippen molar-refractivity contribution >= 4 is 29.7 Å². The third kappa shape index (κ3) is 7.04. The second-order valence-electron chi connectivity index (χ2n) is 7.83. The van der Waals surface area contributed by atoms with Crippen LogP contribution in [0.1, 0.15) is 42.8 Å². The molecule has 2 N–H and O–H groups in total. The number of para-hydroxylation sites is 1. The van der Waals surface area contributed by atoms with E-state index in [0.29, 0.717) is 17.9 Å². The van der Waals surface area contributed by atoms with Gasteiger partial charge in [-0.25, -0.2) is 0 Å². The first-order valence-electron chi connectivity index (χ1n) is 11.0. The van der Waals surface area contributed by atoms with Crippen molar-refractivity contribution in [3.05, 3.63) is 95.2 Å². The Morgan fingerprint density at radius 2 is 1.94 bits per heavy atom. The predicted molar refractivity (Wildman–Crippen MR) is 131 cm³/mol. The van der Waals surface area contributed by atoms with Gasteiger partial charge in [0.25, 0.3) is 5.91 Å². The quantitative estimate of drug-likeness (QED) is 0.435. The molecular formula is C27H29N3O3. The molecule has 2 aromatic heterocycles. The topological polar surface area (TPSA) is 84.2 Å². The summed E-state index contributed by atoms with van der Waals surface area (Å²) in [6.07, 6.45) is 8.94. The first kappa shape index (κ1) is 23.7. The predicted octanol–water partition coefficient (Wildman–Crippen LogP) is 5.38. The summed E-state index contributed by atoms with van der Waals surface area (Å²) in [4.78, 5) is 29.2. The van der Waals surface area contributed by atoms with Gasteiger partial charge in [0.1, 0.15) is 5.76 Å². The van der Waals surface area contributed by atoms with Crippen molar-refractivity contribution in [3.8, 4) is 0 Å². The largest absolute Gasteiger partial charge is 0.464 e. The monoisotopic (exact) mass is 443 g/mol. The number of aryl methyl sites for hydroxylation is 1. The summed E-state index contributed by atoms with van der Waals surface area (Å²) in [5.74, 6) is 0.229. The van der Waals surface area contributed by atoms with Crippen LogP contribution in [0.2, 0.25) is 0 Å². The Morgan fingerprint density at radius 3 is 2.67 bits per heavy atom. The highest BCUT2D eigenvalue weighted by Gasteiger charge is 2.17. The van der Waals surface area contributed by atoms with Crippen LogP contribution < -0.4 is 10.6 Å². The molecule has 1 unspecified atom stereocenters. The number of carbonyl (C=O) groups excluding carboxylic acids is 2. The van der Waals surface area contributed by atoms with Crippen LogP contribution in [0.3, 0.4) is 0 Å². The molecule has 3 rings (SSSR count). The van der Waals surface area contributed by atoms with Gasteiger partial charge in [-0.15, -0.1) is 0 Å². The van der Waals surface area contributed by atoms with E-state index >= 15 is 0 Å². The maximum atomic E-state index is 13.0. The van der Waals surface area contributed by atoms with Crippen LogP contribution in [0.25, 0.3) is 12.2 Å². The summed E-state index contributed by atoms with van der Waals surface area (Å²) < 4.78 is 5.63. The molecule has 0 aliphatic heterocycles. The van der Waals surface area contributed by atoms with Crippen LogP contribution in [0.15, 0.2) is 77.1 Å². The number of carbonyl (C=O) groups is 2. The summed E-state index contributed by atoms with van der Waals surface area (Å²) >= 11 is 0. The van der Waals surface area contributed by atoms with E-state index in [4.69, 9.17) is 4.42 Å². The lowest BCUT2D eigenvalue weighted by atomic mass is 9.96. The van der Waals surface area contributed by atoms with Crippen molar-refractivity contribution in [1.82, 2.24) is 10.3 Å². The van der Waals surface area contributed by atoms with Gasteiger partial charge in [-0.05, 0) is 61.2 Å². The van der Waals surface area contributed by atoms with E-state index in [2.05, 4.69) is 15.6 Å². The second kappa shape index (κ2) is 11.6. The molecule has 2 heterocycles. The number of hydrogen-bond acceptors (Lipinski definition) is 4. The fourth-order valence-corrected chi connectivity index (χ4v) is 3.16. The minimum absolute atomic E-state index is 0.0514. The molecule has 6 heteroatoms. The van der Waals surface area contributed by atoms with E-state index in [1.807, 2.05) is 63.2 Å². The number of amides is 2. The van der Waals surface area contributed by atoms with Gasteiger partial charge in [-0.1, -0.05) is 38.1 Å². The molecule has 1 aromatic carbocycles. The van der Waals surface area contributed by atoms with Gasteiger partial charge >= 0.3 is 0 Å². The van der Waals surface area contributed by atoms with Crippen molar-refractivity contribution in [1.29, 1.82) is 0 Å². The second-order valence-corrected chi connectivity index (χ2v) is 7.83. The molecule has 170 valence electrons. The molecule has 0 radical (unpaired) electrons. The standard InChI is InChI=1S/C27H29N3O3/c1-4-19(2)24(27(32)30-25-11-6-5-9-20(25)3)16-23-15-21(18-33-23)12-13-26(31)29-17-22-10-7-8-14-28-22/h5-16,18-19H,4,17H2,1-3H3,(H,29,31)(H,30,32)/b13-12+,24-16+. The van der Waals surface area contributed by atoms with Crippen molar-refractivity contribution in [2.45, 2.75) is 33.7 Å². The number of aromatic nitrogens is 1. The van der Waals surface area contributed by atoms with Crippen LogP contribution in [-0.2, 0) is 16.1 Å². The van der Waals surface area contributed by atoms with Crippen molar-refractivity contribution < 1.29 is 14.0 Å². The highest BCUT2D eigenvalue weighted by atomic mass is 16.3. The lowest BCUT2D eigenvalue weighted by Gasteiger charge is -2.15. The normalized spacial score (nSPS) is 12.5. The Labute approximate surface area is 194 Å². The highest BCUT2D eigenvalue weighted by Crippen LogP contribution is 2.23. The van der Waals surface area contributed by atoms with Crippen LogP contribution in [0, 0.1) is 12.8 Å². The smallest absolute Gasteiger partial charge is 0.251 e. The Morgan fingerprint density at radius 1 is 1.15 bits per heavy atom. The number of benzene rings is 1. The SMILES string of the molecule is CCC(C)/C(=C\c1cc(/C=C/C(=O)NCc2ccccn2)co1)C(=O)Nc1ccccc1C. The Balaban J connectivity index is 1.67. The van der Waals surface area contributed by atoms with Gasteiger partial charge in [-0.2, -0.15) is 0 Å². The third-order valence-electron chi connectivity index (χ3n) is 5.33. The van der Waals surface area contributed by atoms with Gasteiger partial charge < -0.3 is 15.1 Å². The van der Waals surface area contributed by atoms with E-state index in [1.54, 1.807) is 30.7 Å². The summed E-state index contributed by atoms with van der Waals surface area (Å²) in [6.45, 7) is 6.37. The number of anilines is 1. The van der Waals surface area contributed by atoms with Crippen molar-refractivity contribution in [2.75, 3.05) is 5.32 Å².